The lowest BCUT2D eigenvalue weighted by atomic mass is 9.92. The molecule has 3 heterocycles. The molecule has 0 spiro atoms. The Morgan fingerprint density at radius 1 is 1.06 bits per heavy atom. The Kier molecular flexibility index (Phi) is 6.26. The van der Waals surface area contributed by atoms with Gasteiger partial charge in [-0.15, -0.1) is 0 Å². The summed E-state index contributed by atoms with van der Waals surface area (Å²) in [4.78, 5) is 32.0. The van der Waals surface area contributed by atoms with Crippen molar-refractivity contribution in [1.82, 2.24) is 15.1 Å². The summed E-state index contributed by atoms with van der Waals surface area (Å²) >= 11 is 6.00. The lowest BCUT2D eigenvalue weighted by Gasteiger charge is -2.44. The van der Waals surface area contributed by atoms with Crippen LogP contribution in [0.4, 0.5) is 10.1 Å². The van der Waals surface area contributed by atoms with Gasteiger partial charge in [0.2, 0.25) is 5.91 Å². The molecule has 2 bridgehead atoms. The molecule has 3 aliphatic heterocycles. The van der Waals surface area contributed by atoms with Gasteiger partial charge < -0.3 is 20.0 Å². The van der Waals surface area contributed by atoms with Crippen molar-refractivity contribution in [2.45, 2.75) is 45.3 Å². The SMILES string of the molecule is CC(C)(C)C(=O)N1CCN(c2ccc(Cl)cc2F)[C@H](c2ccc(C(=O)N3C[C@@H]4C[C@H]3CN4)cc2)C1. The molecular formula is C27H32ClFN4O2. The standard InChI is InChI=1S/C27H32ClFN4O2/c1-27(2,3)26(35)31-10-11-32(23-9-8-19(28)12-22(23)29)24(16-31)17-4-6-18(7-5-17)25(34)33-15-20-13-21(33)14-30-20/h4-9,12,20-21,24,30H,10-11,13-16H2,1-3H3/t20-,21-,24-/m0/s1. The number of piperazine rings is 2. The second-order valence-corrected chi connectivity index (χ2v) is 11.3. The van der Waals surface area contributed by atoms with Crippen molar-refractivity contribution in [2.24, 2.45) is 5.41 Å². The summed E-state index contributed by atoms with van der Waals surface area (Å²) in [6, 6.07) is 12.7. The number of carbonyl (C=O) groups excluding carboxylic acids is 2. The Bertz CT molecular complexity index is 1130. The largest absolute Gasteiger partial charge is 0.359 e. The predicted octanol–water partition coefficient (Wildman–Crippen LogP) is 4.10. The number of nitrogens with zero attached hydrogens (tertiary/aromatic N) is 3. The van der Waals surface area contributed by atoms with Crippen LogP contribution in [0.15, 0.2) is 42.5 Å². The Morgan fingerprint density at radius 3 is 2.40 bits per heavy atom. The van der Waals surface area contributed by atoms with Gasteiger partial charge in [0, 0.05) is 60.8 Å². The van der Waals surface area contributed by atoms with Gasteiger partial charge in [0.1, 0.15) is 5.82 Å². The molecule has 2 aromatic rings. The number of nitrogens with one attached hydrogen (secondary N) is 1. The van der Waals surface area contributed by atoms with Crippen LogP contribution in [-0.4, -0.2) is 66.4 Å². The average Bonchev–Trinajstić information content (AvgIpc) is 3.46. The maximum Gasteiger partial charge on any atom is 0.254 e. The van der Waals surface area contributed by atoms with E-state index in [1.807, 2.05) is 59.7 Å². The molecule has 5 rings (SSSR count). The smallest absolute Gasteiger partial charge is 0.254 e. The van der Waals surface area contributed by atoms with E-state index in [2.05, 4.69) is 5.32 Å². The summed E-state index contributed by atoms with van der Waals surface area (Å²) in [5.41, 5.74) is 1.55. The minimum Gasteiger partial charge on any atom is -0.359 e. The minimum atomic E-state index is -0.501. The van der Waals surface area contributed by atoms with Crippen molar-refractivity contribution in [2.75, 3.05) is 37.6 Å². The van der Waals surface area contributed by atoms with Gasteiger partial charge in [-0.3, -0.25) is 9.59 Å². The van der Waals surface area contributed by atoms with Gasteiger partial charge in [-0.2, -0.15) is 0 Å². The molecule has 2 amide bonds. The number of benzene rings is 2. The Labute approximate surface area is 211 Å². The fraction of sp³-hybridized carbons (Fsp3) is 0.481. The third-order valence-corrected chi connectivity index (χ3v) is 7.62. The van der Waals surface area contributed by atoms with E-state index in [0.717, 1.165) is 25.1 Å². The second kappa shape index (κ2) is 9.10. The van der Waals surface area contributed by atoms with E-state index in [0.29, 0.717) is 41.9 Å². The highest BCUT2D eigenvalue weighted by molar-refractivity contribution is 6.30. The van der Waals surface area contributed by atoms with Gasteiger partial charge >= 0.3 is 0 Å². The molecule has 0 unspecified atom stereocenters. The molecule has 1 N–H and O–H groups in total. The topological polar surface area (TPSA) is 55.9 Å². The normalized spacial score (nSPS) is 24.3. The van der Waals surface area contributed by atoms with Crippen molar-refractivity contribution in [3.05, 3.63) is 64.4 Å². The number of amides is 2. The van der Waals surface area contributed by atoms with Gasteiger partial charge in [0.15, 0.2) is 0 Å². The van der Waals surface area contributed by atoms with Crippen LogP contribution in [0.5, 0.6) is 0 Å². The van der Waals surface area contributed by atoms with E-state index in [1.54, 1.807) is 12.1 Å². The molecule has 0 aromatic heterocycles. The first-order valence-corrected chi connectivity index (χ1v) is 12.6. The first-order valence-electron chi connectivity index (χ1n) is 12.3. The van der Waals surface area contributed by atoms with Crippen LogP contribution in [0.25, 0.3) is 0 Å². The van der Waals surface area contributed by atoms with E-state index >= 15 is 0 Å². The van der Waals surface area contributed by atoms with Gasteiger partial charge in [-0.1, -0.05) is 44.5 Å². The summed E-state index contributed by atoms with van der Waals surface area (Å²) in [5, 5.41) is 3.77. The third-order valence-electron chi connectivity index (χ3n) is 7.39. The highest BCUT2D eigenvalue weighted by Crippen LogP contribution is 2.35. The predicted molar refractivity (Wildman–Crippen MR) is 135 cm³/mol. The number of hydrogen-bond acceptors (Lipinski definition) is 4. The third kappa shape index (κ3) is 4.64. The van der Waals surface area contributed by atoms with Crippen LogP contribution in [0, 0.1) is 11.2 Å². The van der Waals surface area contributed by atoms with Crippen molar-refractivity contribution in [3.63, 3.8) is 0 Å². The first kappa shape index (κ1) is 24.1. The number of halogens is 2. The van der Waals surface area contributed by atoms with Crippen LogP contribution in [0.1, 0.15) is 49.2 Å². The zero-order chi connectivity index (χ0) is 24.9. The quantitative estimate of drug-likeness (QED) is 0.692. The molecule has 3 aliphatic rings. The molecule has 3 saturated heterocycles. The number of likely N-dealkylation sites (tertiary alicyclic amines) is 1. The molecule has 3 fully saturated rings. The second-order valence-electron chi connectivity index (χ2n) is 10.9. The molecular weight excluding hydrogens is 467 g/mol. The molecule has 2 aromatic carbocycles. The molecule has 3 atom stereocenters. The van der Waals surface area contributed by atoms with E-state index < -0.39 is 5.41 Å². The molecule has 186 valence electrons. The Morgan fingerprint density at radius 2 is 1.80 bits per heavy atom. The van der Waals surface area contributed by atoms with Crippen LogP contribution >= 0.6 is 11.6 Å². The van der Waals surface area contributed by atoms with E-state index in [9.17, 15) is 14.0 Å². The number of rotatable bonds is 3. The molecule has 8 heteroatoms. The molecule has 0 saturated carbocycles. The van der Waals surface area contributed by atoms with Crippen molar-refractivity contribution in [3.8, 4) is 0 Å². The molecule has 0 radical (unpaired) electrons. The van der Waals surface area contributed by atoms with E-state index in [4.69, 9.17) is 11.6 Å². The first-order chi connectivity index (χ1) is 16.6. The van der Waals surface area contributed by atoms with Crippen molar-refractivity contribution >= 4 is 29.1 Å². The molecule has 35 heavy (non-hydrogen) atoms. The molecule has 6 nitrogen and oxygen atoms in total. The highest BCUT2D eigenvalue weighted by atomic mass is 35.5. The number of carbonyl (C=O) groups is 2. The van der Waals surface area contributed by atoms with Gasteiger partial charge in [0.25, 0.3) is 5.91 Å². The Balaban J connectivity index is 1.42. The minimum absolute atomic E-state index is 0.0549. The van der Waals surface area contributed by atoms with E-state index in [-0.39, 0.29) is 29.7 Å². The summed E-state index contributed by atoms with van der Waals surface area (Å²) in [6.45, 7) is 8.79. The number of hydrogen-bond donors (Lipinski definition) is 1. The number of fused-ring (bicyclic) bond motifs is 2. The summed E-state index contributed by atoms with van der Waals surface area (Å²) in [5.74, 6) is -0.259. The Hall–Kier alpha value is -2.64. The van der Waals surface area contributed by atoms with Crippen molar-refractivity contribution in [1.29, 1.82) is 0 Å². The lowest BCUT2D eigenvalue weighted by Crippen LogP contribution is -2.53. The zero-order valence-corrected chi connectivity index (χ0v) is 21.2. The van der Waals surface area contributed by atoms with Gasteiger partial charge in [0.05, 0.1) is 11.7 Å². The highest BCUT2D eigenvalue weighted by Gasteiger charge is 2.40. The molecule has 0 aliphatic carbocycles. The maximum atomic E-state index is 14.9. The monoisotopic (exact) mass is 498 g/mol. The summed E-state index contributed by atoms with van der Waals surface area (Å²) < 4.78 is 14.9. The lowest BCUT2D eigenvalue weighted by molar-refractivity contribution is -0.140. The zero-order valence-electron chi connectivity index (χ0n) is 20.4. The fourth-order valence-corrected chi connectivity index (χ4v) is 5.71. The van der Waals surface area contributed by atoms with Crippen LogP contribution in [-0.2, 0) is 4.79 Å². The summed E-state index contributed by atoms with van der Waals surface area (Å²) in [6.07, 6.45) is 1.02. The van der Waals surface area contributed by atoms with Crippen LogP contribution in [0.3, 0.4) is 0 Å². The van der Waals surface area contributed by atoms with Gasteiger partial charge in [-0.25, -0.2) is 4.39 Å². The van der Waals surface area contributed by atoms with E-state index in [1.165, 1.54) is 6.07 Å². The van der Waals surface area contributed by atoms with Crippen molar-refractivity contribution < 1.29 is 14.0 Å². The van der Waals surface area contributed by atoms with Gasteiger partial charge in [-0.05, 0) is 42.3 Å². The maximum absolute atomic E-state index is 14.9. The summed E-state index contributed by atoms with van der Waals surface area (Å²) in [7, 11) is 0. The van der Waals surface area contributed by atoms with Crippen LogP contribution in [0.2, 0.25) is 5.02 Å². The number of anilines is 1. The average molecular weight is 499 g/mol. The van der Waals surface area contributed by atoms with Crippen LogP contribution < -0.4 is 10.2 Å². The fourth-order valence-electron chi connectivity index (χ4n) is 5.55.